The Kier molecular flexibility index (Phi) is 7.19. The topological polar surface area (TPSA) is 96.0 Å². The second-order valence-corrected chi connectivity index (χ2v) is 11.1. The average Bonchev–Trinajstić information content (AvgIpc) is 3.22. The van der Waals surface area contributed by atoms with Crippen LogP contribution < -0.4 is 15.0 Å². The van der Waals surface area contributed by atoms with E-state index in [1.165, 1.54) is 16.4 Å². The summed E-state index contributed by atoms with van der Waals surface area (Å²) in [5, 5.41) is 3.14. The van der Waals surface area contributed by atoms with Gasteiger partial charge in [-0.3, -0.25) is 9.59 Å². The Morgan fingerprint density at radius 3 is 2.49 bits per heavy atom. The van der Waals surface area contributed by atoms with E-state index in [4.69, 9.17) is 4.74 Å². The minimum absolute atomic E-state index is 0.119. The van der Waals surface area contributed by atoms with Crippen molar-refractivity contribution in [2.75, 3.05) is 31.1 Å². The Morgan fingerprint density at radius 2 is 1.83 bits per heavy atom. The van der Waals surface area contributed by atoms with Gasteiger partial charge in [0.1, 0.15) is 5.75 Å². The molecule has 1 N–H and O–H groups in total. The molecule has 35 heavy (non-hydrogen) atoms. The van der Waals surface area contributed by atoms with Gasteiger partial charge in [0.25, 0.3) is 0 Å². The molecule has 2 heterocycles. The normalized spacial score (nSPS) is 20.0. The van der Waals surface area contributed by atoms with Crippen LogP contribution in [0.3, 0.4) is 0 Å². The third kappa shape index (κ3) is 4.92. The Labute approximate surface area is 207 Å². The molecule has 2 aromatic rings. The van der Waals surface area contributed by atoms with Crippen LogP contribution in [0.5, 0.6) is 5.75 Å². The SMILES string of the molecule is CCN(CC)S(=O)(=O)c1ccc(N2CC(C(=O)NC3CCOc4c(C)cc(C)cc43)CC2=O)cc1. The van der Waals surface area contributed by atoms with Crippen LogP contribution in [-0.4, -0.2) is 50.8 Å². The number of amides is 2. The first kappa shape index (κ1) is 25.2. The first-order chi connectivity index (χ1) is 16.6. The minimum atomic E-state index is -3.57. The number of sulfonamides is 1. The number of ether oxygens (including phenoxy) is 1. The summed E-state index contributed by atoms with van der Waals surface area (Å²) in [4.78, 5) is 27.6. The van der Waals surface area contributed by atoms with Gasteiger partial charge in [-0.25, -0.2) is 8.42 Å². The van der Waals surface area contributed by atoms with Crippen molar-refractivity contribution >= 4 is 27.5 Å². The van der Waals surface area contributed by atoms with Gasteiger partial charge in [-0.2, -0.15) is 4.31 Å². The summed E-state index contributed by atoms with van der Waals surface area (Å²) in [6, 6.07) is 10.3. The third-order valence-electron chi connectivity index (χ3n) is 6.78. The number of aryl methyl sites for hydroxylation is 2. The highest BCUT2D eigenvalue weighted by molar-refractivity contribution is 7.89. The van der Waals surface area contributed by atoms with Gasteiger partial charge in [-0.05, 0) is 43.7 Å². The molecule has 4 rings (SSSR count). The highest BCUT2D eigenvalue weighted by Gasteiger charge is 2.37. The standard InChI is InChI=1S/C26H33N3O5S/c1-5-28(6-2)35(32,33)21-9-7-20(8-10-21)29-16-19(15-24(29)30)26(31)27-23-11-12-34-25-18(4)13-17(3)14-22(23)25/h7-10,13-14,19,23H,5-6,11-12,15-16H2,1-4H3,(H,27,31). The number of anilines is 1. The number of nitrogens with zero attached hydrogens (tertiary/aromatic N) is 2. The van der Waals surface area contributed by atoms with E-state index in [9.17, 15) is 18.0 Å². The van der Waals surface area contributed by atoms with E-state index in [0.29, 0.717) is 31.8 Å². The molecule has 2 amide bonds. The summed E-state index contributed by atoms with van der Waals surface area (Å²) in [6.07, 6.45) is 0.794. The van der Waals surface area contributed by atoms with Gasteiger partial charge in [-0.1, -0.05) is 31.5 Å². The fourth-order valence-corrected chi connectivity index (χ4v) is 6.42. The molecule has 2 unspecified atom stereocenters. The van der Waals surface area contributed by atoms with Gasteiger partial charge in [0, 0.05) is 43.7 Å². The van der Waals surface area contributed by atoms with Crippen LogP contribution in [0, 0.1) is 19.8 Å². The van der Waals surface area contributed by atoms with Crippen LogP contribution in [0.15, 0.2) is 41.3 Å². The molecular formula is C26H33N3O5S. The molecule has 2 aromatic carbocycles. The van der Waals surface area contributed by atoms with Crippen molar-refractivity contribution in [2.45, 2.75) is 51.5 Å². The number of benzene rings is 2. The van der Waals surface area contributed by atoms with Crippen LogP contribution >= 0.6 is 0 Å². The smallest absolute Gasteiger partial charge is 0.243 e. The first-order valence-corrected chi connectivity index (χ1v) is 13.5. The minimum Gasteiger partial charge on any atom is -0.493 e. The number of nitrogens with one attached hydrogen (secondary N) is 1. The third-order valence-corrected chi connectivity index (χ3v) is 8.84. The monoisotopic (exact) mass is 499 g/mol. The molecule has 0 aliphatic carbocycles. The van der Waals surface area contributed by atoms with Crippen molar-refractivity contribution in [3.05, 3.63) is 53.1 Å². The number of fused-ring (bicyclic) bond motifs is 1. The molecular weight excluding hydrogens is 466 g/mol. The number of hydrogen-bond donors (Lipinski definition) is 1. The Bertz CT molecular complexity index is 1220. The fourth-order valence-electron chi connectivity index (χ4n) is 4.96. The summed E-state index contributed by atoms with van der Waals surface area (Å²) in [5.41, 5.74) is 3.73. The molecule has 2 aliphatic heterocycles. The molecule has 0 bridgehead atoms. The molecule has 2 atom stereocenters. The molecule has 0 aromatic heterocycles. The Balaban J connectivity index is 1.46. The van der Waals surface area contributed by atoms with E-state index in [-0.39, 0.29) is 35.7 Å². The van der Waals surface area contributed by atoms with Gasteiger partial charge in [0.05, 0.1) is 23.5 Å². The predicted molar refractivity (Wildman–Crippen MR) is 134 cm³/mol. The number of carbonyl (C=O) groups excluding carboxylic acids is 2. The second kappa shape index (κ2) is 9.99. The summed E-state index contributed by atoms with van der Waals surface area (Å²) >= 11 is 0. The summed E-state index contributed by atoms with van der Waals surface area (Å²) < 4.78 is 32.7. The lowest BCUT2D eigenvalue weighted by molar-refractivity contribution is -0.127. The molecule has 0 spiro atoms. The van der Waals surface area contributed by atoms with Crippen molar-refractivity contribution in [3.63, 3.8) is 0 Å². The van der Waals surface area contributed by atoms with Crippen molar-refractivity contribution in [3.8, 4) is 5.75 Å². The number of rotatable bonds is 7. The highest BCUT2D eigenvalue weighted by atomic mass is 32.2. The lowest BCUT2D eigenvalue weighted by Crippen LogP contribution is -2.37. The zero-order chi connectivity index (χ0) is 25.3. The lowest BCUT2D eigenvalue weighted by Gasteiger charge is -2.29. The van der Waals surface area contributed by atoms with E-state index in [1.54, 1.807) is 30.9 Å². The van der Waals surface area contributed by atoms with Crippen molar-refractivity contribution in [2.24, 2.45) is 5.92 Å². The lowest BCUT2D eigenvalue weighted by atomic mass is 9.95. The quantitative estimate of drug-likeness (QED) is 0.631. The predicted octanol–water partition coefficient (Wildman–Crippen LogP) is 3.33. The van der Waals surface area contributed by atoms with Crippen LogP contribution in [0.25, 0.3) is 0 Å². The maximum atomic E-state index is 13.1. The van der Waals surface area contributed by atoms with Gasteiger partial charge in [0.2, 0.25) is 21.8 Å². The van der Waals surface area contributed by atoms with Crippen LogP contribution in [0.4, 0.5) is 5.69 Å². The van der Waals surface area contributed by atoms with Gasteiger partial charge < -0.3 is 15.0 Å². The van der Waals surface area contributed by atoms with E-state index < -0.39 is 15.9 Å². The molecule has 0 radical (unpaired) electrons. The van der Waals surface area contributed by atoms with Crippen LogP contribution in [0.2, 0.25) is 0 Å². The number of hydrogen-bond acceptors (Lipinski definition) is 5. The maximum absolute atomic E-state index is 13.1. The van der Waals surface area contributed by atoms with Crippen molar-refractivity contribution in [1.82, 2.24) is 9.62 Å². The zero-order valence-corrected chi connectivity index (χ0v) is 21.5. The van der Waals surface area contributed by atoms with Crippen LogP contribution in [0.1, 0.15) is 49.4 Å². The van der Waals surface area contributed by atoms with E-state index in [1.807, 2.05) is 19.9 Å². The van der Waals surface area contributed by atoms with Gasteiger partial charge in [0.15, 0.2) is 0 Å². The molecule has 2 aliphatic rings. The molecule has 1 fully saturated rings. The average molecular weight is 500 g/mol. The van der Waals surface area contributed by atoms with Crippen molar-refractivity contribution < 1.29 is 22.7 Å². The number of carbonyl (C=O) groups is 2. The van der Waals surface area contributed by atoms with Crippen molar-refractivity contribution in [1.29, 1.82) is 0 Å². The van der Waals surface area contributed by atoms with Gasteiger partial charge in [-0.15, -0.1) is 0 Å². The van der Waals surface area contributed by atoms with E-state index in [0.717, 1.165) is 22.4 Å². The molecule has 188 valence electrons. The van der Waals surface area contributed by atoms with Crippen LogP contribution in [-0.2, 0) is 19.6 Å². The molecule has 0 saturated carbocycles. The molecule has 1 saturated heterocycles. The van der Waals surface area contributed by atoms with Gasteiger partial charge >= 0.3 is 0 Å². The summed E-state index contributed by atoms with van der Waals surface area (Å²) in [6.45, 7) is 9.18. The Hall–Kier alpha value is -2.91. The highest BCUT2D eigenvalue weighted by Crippen LogP contribution is 2.36. The van der Waals surface area contributed by atoms with E-state index >= 15 is 0 Å². The zero-order valence-electron chi connectivity index (χ0n) is 20.7. The maximum Gasteiger partial charge on any atom is 0.243 e. The summed E-state index contributed by atoms with van der Waals surface area (Å²) in [5.74, 6) is 0.0528. The first-order valence-electron chi connectivity index (χ1n) is 12.1. The Morgan fingerprint density at radius 1 is 1.14 bits per heavy atom. The van der Waals surface area contributed by atoms with E-state index in [2.05, 4.69) is 11.4 Å². The largest absolute Gasteiger partial charge is 0.493 e. The molecule has 8 nitrogen and oxygen atoms in total. The fraction of sp³-hybridized carbons (Fsp3) is 0.462. The summed E-state index contributed by atoms with van der Waals surface area (Å²) in [7, 11) is -3.57. The molecule has 9 heteroatoms. The second-order valence-electron chi connectivity index (χ2n) is 9.19.